The van der Waals surface area contributed by atoms with E-state index >= 15 is 0 Å². The maximum atomic E-state index is 3.60. The molecule has 0 amide bonds. The van der Waals surface area contributed by atoms with Crippen LogP contribution in [0.2, 0.25) is 0 Å². The Labute approximate surface area is 132 Å². The minimum Gasteiger partial charge on any atom is -0.369 e. The van der Waals surface area contributed by atoms with Gasteiger partial charge in [-0.15, -0.1) is 0 Å². The number of anilines is 1. The summed E-state index contributed by atoms with van der Waals surface area (Å²) in [5, 5.41) is 0.921. The molecule has 4 heteroatoms. The van der Waals surface area contributed by atoms with Gasteiger partial charge in [0.1, 0.15) is 0 Å². The SMILES string of the molecule is BrCc1cc(Br)ccc1N1CCN(CC2CC2)CC1. The van der Waals surface area contributed by atoms with Crippen molar-refractivity contribution in [2.45, 2.75) is 18.2 Å². The molecule has 1 aromatic carbocycles. The highest BCUT2D eigenvalue weighted by atomic mass is 79.9. The topological polar surface area (TPSA) is 6.48 Å². The van der Waals surface area contributed by atoms with E-state index in [4.69, 9.17) is 0 Å². The summed E-state index contributed by atoms with van der Waals surface area (Å²) >= 11 is 7.16. The van der Waals surface area contributed by atoms with Crippen LogP contribution in [0.4, 0.5) is 5.69 Å². The van der Waals surface area contributed by atoms with Crippen LogP contribution in [-0.2, 0) is 5.33 Å². The van der Waals surface area contributed by atoms with Gasteiger partial charge in [-0.2, -0.15) is 0 Å². The Hall–Kier alpha value is -0.0600. The molecule has 1 saturated heterocycles. The van der Waals surface area contributed by atoms with Crippen molar-refractivity contribution in [1.82, 2.24) is 4.90 Å². The van der Waals surface area contributed by atoms with E-state index in [1.807, 2.05) is 0 Å². The van der Waals surface area contributed by atoms with Crippen molar-refractivity contribution in [3.63, 3.8) is 0 Å². The van der Waals surface area contributed by atoms with Gasteiger partial charge in [-0.25, -0.2) is 0 Å². The fourth-order valence-electron chi connectivity index (χ4n) is 2.81. The van der Waals surface area contributed by atoms with Gasteiger partial charge in [0.15, 0.2) is 0 Å². The molecule has 1 saturated carbocycles. The quantitative estimate of drug-likeness (QED) is 0.723. The molecular formula is C15H20Br2N2. The standard InChI is InChI=1S/C15H20Br2N2/c16-10-13-9-14(17)3-4-15(13)19-7-5-18(6-8-19)11-12-1-2-12/h3-4,9,12H,1-2,5-8,10-11H2. The second kappa shape index (κ2) is 6.15. The van der Waals surface area contributed by atoms with Gasteiger partial charge in [0, 0.05) is 48.2 Å². The van der Waals surface area contributed by atoms with Crippen LogP contribution in [-0.4, -0.2) is 37.6 Å². The van der Waals surface area contributed by atoms with Crippen molar-refractivity contribution < 1.29 is 0 Å². The first-order valence-electron chi connectivity index (χ1n) is 7.08. The van der Waals surface area contributed by atoms with Crippen molar-refractivity contribution in [3.05, 3.63) is 28.2 Å². The Morgan fingerprint density at radius 3 is 2.47 bits per heavy atom. The fraction of sp³-hybridized carbons (Fsp3) is 0.600. The molecule has 2 aliphatic rings. The highest BCUT2D eigenvalue weighted by Gasteiger charge is 2.26. The molecule has 2 nitrogen and oxygen atoms in total. The van der Waals surface area contributed by atoms with Crippen LogP contribution in [0.5, 0.6) is 0 Å². The average molecular weight is 388 g/mol. The van der Waals surface area contributed by atoms with Gasteiger partial charge in [0.25, 0.3) is 0 Å². The third-order valence-corrected chi connectivity index (χ3v) is 5.21. The Morgan fingerprint density at radius 2 is 1.84 bits per heavy atom. The van der Waals surface area contributed by atoms with E-state index in [2.05, 4.69) is 59.9 Å². The number of hydrogen-bond acceptors (Lipinski definition) is 2. The van der Waals surface area contributed by atoms with E-state index in [0.29, 0.717) is 0 Å². The molecule has 0 radical (unpaired) electrons. The zero-order valence-electron chi connectivity index (χ0n) is 11.1. The molecule has 3 rings (SSSR count). The number of piperazine rings is 1. The number of hydrogen-bond donors (Lipinski definition) is 0. The Balaban J connectivity index is 1.63. The maximum absolute atomic E-state index is 3.60. The van der Waals surface area contributed by atoms with Crippen molar-refractivity contribution >= 4 is 37.5 Å². The highest BCUT2D eigenvalue weighted by Crippen LogP contribution is 2.31. The summed E-state index contributed by atoms with van der Waals surface area (Å²) in [6, 6.07) is 6.62. The molecule has 0 aromatic heterocycles. The molecule has 0 N–H and O–H groups in total. The number of nitrogens with zero attached hydrogens (tertiary/aromatic N) is 2. The Morgan fingerprint density at radius 1 is 1.11 bits per heavy atom. The van der Waals surface area contributed by atoms with Crippen molar-refractivity contribution in [2.24, 2.45) is 5.92 Å². The van der Waals surface area contributed by atoms with Gasteiger partial charge in [-0.05, 0) is 42.5 Å². The van der Waals surface area contributed by atoms with Crippen molar-refractivity contribution in [1.29, 1.82) is 0 Å². The van der Waals surface area contributed by atoms with Crippen LogP contribution in [0.15, 0.2) is 22.7 Å². The molecule has 2 fully saturated rings. The molecular weight excluding hydrogens is 368 g/mol. The molecule has 1 aromatic rings. The summed E-state index contributed by atoms with van der Waals surface area (Å²) in [5.41, 5.74) is 2.77. The number of rotatable bonds is 4. The van der Waals surface area contributed by atoms with Crippen LogP contribution in [0.3, 0.4) is 0 Å². The largest absolute Gasteiger partial charge is 0.369 e. The lowest BCUT2D eigenvalue weighted by Crippen LogP contribution is -2.47. The summed E-state index contributed by atoms with van der Waals surface area (Å²) in [6.45, 7) is 6.09. The summed E-state index contributed by atoms with van der Waals surface area (Å²) in [4.78, 5) is 5.17. The molecule has 104 valence electrons. The zero-order valence-corrected chi connectivity index (χ0v) is 14.3. The van der Waals surface area contributed by atoms with Gasteiger partial charge in [-0.1, -0.05) is 31.9 Å². The predicted octanol–water partition coefficient (Wildman–Crippen LogP) is 3.88. The lowest BCUT2D eigenvalue weighted by Gasteiger charge is -2.37. The average Bonchev–Trinajstić information content (AvgIpc) is 3.24. The van der Waals surface area contributed by atoms with Gasteiger partial charge in [0.2, 0.25) is 0 Å². The lowest BCUT2D eigenvalue weighted by atomic mass is 10.1. The minimum atomic E-state index is 0.921. The summed E-state index contributed by atoms with van der Waals surface area (Å²) in [6.07, 6.45) is 2.92. The summed E-state index contributed by atoms with van der Waals surface area (Å²) in [7, 11) is 0. The van der Waals surface area contributed by atoms with Crippen LogP contribution in [0.25, 0.3) is 0 Å². The van der Waals surface area contributed by atoms with E-state index in [1.54, 1.807) is 0 Å². The van der Waals surface area contributed by atoms with Gasteiger partial charge in [-0.3, -0.25) is 4.90 Å². The lowest BCUT2D eigenvalue weighted by molar-refractivity contribution is 0.248. The molecule has 1 heterocycles. The van der Waals surface area contributed by atoms with Crippen molar-refractivity contribution in [2.75, 3.05) is 37.6 Å². The summed E-state index contributed by atoms with van der Waals surface area (Å²) < 4.78 is 1.16. The first-order chi connectivity index (χ1) is 9.26. The summed E-state index contributed by atoms with van der Waals surface area (Å²) in [5.74, 6) is 1.01. The minimum absolute atomic E-state index is 0.921. The monoisotopic (exact) mass is 386 g/mol. The maximum Gasteiger partial charge on any atom is 0.0409 e. The van der Waals surface area contributed by atoms with E-state index in [-0.39, 0.29) is 0 Å². The first-order valence-corrected chi connectivity index (χ1v) is 8.99. The molecule has 0 spiro atoms. The number of alkyl halides is 1. The van der Waals surface area contributed by atoms with E-state index < -0.39 is 0 Å². The third kappa shape index (κ3) is 3.53. The normalized spacial score (nSPS) is 20.8. The molecule has 0 unspecified atom stereocenters. The molecule has 0 atom stereocenters. The Bertz CT molecular complexity index is 438. The van der Waals surface area contributed by atoms with E-state index in [9.17, 15) is 0 Å². The smallest absolute Gasteiger partial charge is 0.0409 e. The third-order valence-electron chi connectivity index (χ3n) is 4.11. The molecule has 1 aliphatic heterocycles. The van der Waals surface area contributed by atoms with Crippen molar-refractivity contribution in [3.8, 4) is 0 Å². The molecule has 0 bridgehead atoms. The number of benzene rings is 1. The van der Waals surface area contributed by atoms with Crippen LogP contribution >= 0.6 is 31.9 Å². The highest BCUT2D eigenvalue weighted by molar-refractivity contribution is 9.10. The van der Waals surface area contributed by atoms with Crippen LogP contribution in [0.1, 0.15) is 18.4 Å². The fourth-order valence-corrected chi connectivity index (χ4v) is 3.66. The van der Waals surface area contributed by atoms with Crippen LogP contribution in [0, 0.1) is 5.92 Å². The van der Waals surface area contributed by atoms with E-state index in [0.717, 1.165) is 28.8 Å². The zero-order chi connectivity index (χ0) is 13.2. The van der Waals surface area contributed by atoms with Gasteiger partial charge < -0.3 is 4.90 Å². The second-order valence-electron chi connectivity index (χ2n) is 5.64. The molecule has 19 heavy (non-hydrogen) atoms. The van der Waals surface area contributed by atoms with E-state index in [1.165, 1.54) is 43.7 Å². The second-order valence-corrected chi connectivity index (χ2v) is 7.11. The predicted molar refractivity (Wildman–Crippen MR) is 88.2 cm³/mol. The Kier molecular flexibility index (Phi) is 4.50. The first kappa shape index (κ1) is 13.9. The molecule has 1 aliphatic carbocycles. The number of halogens is 2. The van der Waals surface area contributed by atoms with Gasteiger partial charge >= 0.3 is 0 Å². The van der Waals surface area contributed by atoms with Crippen LogP contribution < -0.4 is 4.90 Å². The van der Waals surface area contributed by atoms with Gasteiger partial charge in [0.05, 0.1) is 0 Å².